The number of hydrogen-bond acceptors (Lipinski definition) is 5. The van der Waals surface area contributed by atoms with Crippen LogP contribution in [0.1, 0.15) is 50.9 Å². The molecule has 1 saturated heterocycles. The van der Waals surface area contributed by atoms with Gasteiger partial charge in [-0.2, -0.15) is 0 Å². The van der Waals surface area contributed by atoms with E-state index in [0.29, 0.717) is 5.82 Å². The number of anilines is 1. The Bertz CT molecular complexity index is 796. The molecule has 1 aromatic carbocycles. The fourth-order valence-electron chi connectivity index (χ4n) is 3.16. The molecular formula is C20H26N4O2. The Balaban J connectivity index is 1.79. The maximum absolute atomic E-state index is 12.5. The summed E-state index contributed by atoms with van der Waals surface area (Å²) in [4.78, 5) is 23.0. The number of aryl methyl sites for hydroxylation is 1. The molecule has 138 valence electrons. The molecule has 1 fully saturated rings. The van der Waals surface area contributed by atoms with Crippen LogP contribution in [0.25, 0.3) is 11.3 Å². The summed E-state index contributed by atoms with van der Waals surface area (Å²) in [7, 11) is 0. The summed E-state index contributed by atoms with van der Waals surface area (Å²) in [5.41, 5.74) is 8.85. The summed E-state index contributed by atoms with van der Waals surface area (Å²) in [5, 5.41) is 0. The molecule has 0 saturated carbocycles. The predicted molar refractivity (Wildman–Crippen MR) is 102 cm³/mol. The minimum Gasteiger partial charge on any atom is -0.444 e. The van der Waals surface area contributed by atoms with Crippen LogP contribution in [0.3, 0.4) is 0 Å². The third kappa shape index (κ3) is 3.95. The van der Waals surface area contributed by atoms with Gasteiger partial charge >= 0.3 is 6.09 Å². The van der Waals surface area contributed by atoms with E-state index in [-0.39, 0.29) is 12.1 Å². The van der Waals surface area contributed by atoms with Gasteiger partial charge in [-0.1, -0.05) is 24.3 Å². The average molecular weight is 354 g/mol. The summed E-state index contributed by atoms with van der Waals surface area (Å²) >= 11 is 0. The summed E-state index contributed by atoms with van der Waals surface area (Å²) < 4.78 is 5.55. The number of ether oxygens (including phenoxy) is 1. The van der Waals surface area contributed by atoms with Gasteiger partial charge in [0.2, 0.25) is 0 Å². The summed E-state index contributed by atoms with van der Waals surface area (Å²) in [5.74, 6) is 0.448. The third-order valence-electron chi connectivity index (χ3n) is 4.46. The molecule has 26 heavy (non-hydrogen) atoms. The highest BCUT2D eigenvalue weighted by Crippen LogP contribution is 2.34. The van der Waals surface area contributed by atoms with Gasteiger partial charge in [-0.3, -0.25) is 0 Å². The van der Waals surface area contributed by atoms with Crippen LogP contribution in [0.4, 0.5) is 10.6 Å². The molecule has 0 bridgehead atoms. The monoisotopic (exact) mass is 354 g/mol. The van der Waals surface area contributed by atoms with Crippen molar-refractivity contribution in [2.75, 3.05) is 12.3 Å². The molecule has 0 aliphatic carbocycles. The van der Waals surface area contributed by atoms with E-state index in [1.165, 1.54) is 0 Å². The van der Waals surface area contributed by atoms with E-state index < -0.39 is 5.60 Å². The number of carbonyl (C=O) groups is 1. The van der Waals surface area contributed by atoms with E-state index >= 15 is 0 Å². The maximum Gasteiger partial charge on any atom is 0.410 e. The molecule has 2 aromatic rings. The van der Waals surface area contributed by atoms with Crippen molar-refractivity contribution in [1.29, 1.82) is 0 Å². The van der Waals surface area contributed by atoms with Crippen LogP contribution < -0.4 is 5.73 Å². The number of carbonyl (C=O) groups excluding carboxylic acids is 1. The molecule has 1 aliphatic rings. The largest absolute Gasteiger partial charge is 0.444 e. The number of amides is 1. The summed E-state index contributed by atoms with van der Waals surface area (Å²) in [6, 6.07) is 8.19. The third-order valence-corrected chi connectivity index (χ3v) is 4.46. The Morgan fingerprint density at radius 3 is 2.58 bits per heavy atom. The average Bonchev–Trinajstić information content (AvgIpc) is 3.06. The first kappa shape index (κ1) is 18.2. The highest BCUT2D eigenvalue weighted by Gasteiger charge is 2.33. The lowest BCUT2D eigenvalue weighted by molar-refractivity contribution is 0.0224. The van der Waals surface area contributed by atoms with Crippen LogP contribution >= 0.6 is 0 Å². The van der Waals surface area contributed by atoms with E-state index in [1.54, 1.807) is 6.20 Å². The van der Waals surface area contributed by atoms with Gasteiger partial charge in [-0.15, -0.1) is 0 Å². The molecule has 2 heterocycles. The second-order valence-electron chi connectivity index (χ2n) is 7.68. The Kier molecular flexibility index (Phi) is 4.85. The van der Waals surface area contributed by atoms with E-state index in [9.17, 15) is 4.79 Å². The zero-order chi connectivity index (χ0) is 18.9. The second-order valence-corrected chi connectivity index (χ2v) is 7.68. The van der Waals surface area contributed by atoms with E-state index in [2.05, 4.69) is 22.1 Å². The van der Waals surface area contributed by atoms with Crippen LogP contribution in [0, 0.1) is 6.92 Å². The molecule has 3 rings (SSSR count). The van der Waals surface area contributed by atoms with Gasteiger partial charge in [0.25, 0.3) is 0 Å². The molecule has 1 aliphatic heterocycles. The second kappa shape index (κ2) is 6.94. The number of aromatic nitrogens is 2. The lowest BCUT2D eigenvalue weighted by Gasteiger charge is -2.29. The Labute approximate surface area is 154 Å². The minimum absolute atomic E-state index is 0.0538. The lowest BCUT2D eigenvalue weighted by atomic mass is 10.0. The van der Waals surface area contributed by atoms with Crippen LogP contribution in [0.5, 0.6) is 0 Å². The number of hydrogen-bond donors (Lipinski definition) is 1. The Morgan fingerprint density at radius 2 is 1.96 bits per heavy atom. The van der Waals surface area contributed by atoms with Crippen molar-refractivity contribution in [1.82, 2.24) is 14.9 Å². The van der Waals surface area contributed by atoms with Crippen molar-refractivity contribution < 1.29 is 9.53 Å². The topological polar surface area (TPSA) is 81.3 Å². The van der Waals surface area contributed by atoms with Crippen LogP contribution in [-0.2, 0) is 4.74 Å². The highest BCUT2D eigenvalue weighted by molar-refractivity contribution is 5.69. The fourth-order valence-corrected chi connectivity index (χ4v) is 3.16. The first-order valence-corrected chi connectivity index (χ1v) is 8.94. The van der Waals surface area contributed by atoms with E-state index in [4.69, 9.17) is 10.5 Å². The fraction of sp³-hybridized carbons (Fsp3) is 0.450. The van der Waals surface area contributed by atoms with Gasteiger partial charge < -0.3 is 15.4 Å². The number of rotatable bonds is 2. The van der Waals surface area contributed by atoms with Gasteiger partial charge in [0.1, 0.15) is 11.4 Å². The SMILES string of the molecule is Cc1nc(-c2ccc(C3CCCN3C(=O)OC(C)(C)C)cc2)cnc1N. The zero-order valence-corrected chi connectivity index (χ0v) is 15.8. The number of likely N-dealkylation sites (tertiary alicyclic amines) is 1. The van der Waals surface area contributed by atoms with E-state index in [0.717, 1.165) is 41.9 Å². The summed E-state index contributed by atoms with van der Waals surface area (Å²) in [6.45, 7) is 8.24. The highest BCUT2D eigenvalue weighted by atomic mass is 16.6. The van der Waals surface area contributed by atoms with Crippen molar-refractivity contribution >= 4 is 11.9 Å². The molecule has 0 spiro atoms. The molecule has 6 nitrogen and oxygen atoms in total. The van der Waals surface area contributed by atoms with Crippen LogP contribution in [0.2, 0.25) is 0 Å². The van der Waals surface area contributed by atoms with Crippen molar-refractivity contribution in [2.45, 2.75) is 52.2 Å². The quantitative estimate of drug-likeness (QED) is 0.878. The van der Waals surface area contributed by atoms with Crippen molar-refractivity contribution in [3.63, 3.8) is 0 Å². The number of nitrogens with zero attached hydrogens (tertiary/aromatic N) is 3. The van der Waals surface area contributed by atoms with Crippen molar-refractivity contribution in [3.05, 3.63) is 41.7 Å². The van der Waals surface area contributed by atoms with Gasteiger partial charge in [-0.25, -0.2) is 14.8 Å². The number of nitrogen functional groups attached to an aromatic ring is 1. The van der Waals surface area contributed by atoms with Crippen molar-refractivity contribution in [2.24, 2.45) is 0 Å². The van der Waals surface area contributed by atoms with Gasteiger partial charge in [-0.05, 0) is 46.1 Å². The predicted octanol–water partition coefficient (Wildman–Crippen LogP) is 4.11. The zero-order valence-electron chi connectivity index (χ0n) is 15.8. The van der Waals surface area contributed by atoms with Crippen LogP contribution in [-0.4, -0.2) is 33.1 Å². The Hall–Kier alpha value is -2.63. The molecule has 1 atom stereocenters. The number of benzene rings is 1. The van der Waals surface area contributed by atoms with Gasteiger partial charge in [0.15, 0.2) is 0 Å². The lowest BCUT2D eigenvalue weighted by Crippen LogP contribution is -2.36. The minimum atomic E-state index is -0.486. The molecular weight excluding hydrogens is 328 g/mol. The summed E-state index contributed by atoms with van der Waals surface area (Å²) in [6.07, 6.45) is 3.36. The molecule has 1 amide bonds. The van der Waals surface area contributed by atoms with Crippen LogP contribution in [0.15, 0.2) is 30.5 Å². The normalized spacial score (nSPS) is 17.4. The smallest absolute Gasteiger partial charge is 0.410 e. The van der Waals surface area contributed by atoms with E-state index in [1.807, 2.05) is 44.7 Å². The molecule has 2 N–H and O–H groups in total. The van der Waals surface area contributed by atoms with Crippen molar-refractivity contribution in [3.8, 4) is 11.3 Å². The molecule has 6 heteroatoms. The standard InChI is InChI=1S/C20H26N4O2/c1-13-18(21)22-12-16(23-13)14-7-9-15(10-8-14)17-6-5-11-24(17)19(25)26-20(2,3)4/h7-10,12,17H,5-6,11H2,1-4H3,(H2,21,22). The molecule has 1 unspecified atom stereocenters. The first-order chi connectivity index (χ1) is 12.2. The Morgan fingerprint density at radius 1 is 1.27 bits per heavy atom. The number of nitrogens with two attached hydrogens (primary N) is 1. The molecule has 0 radical (unpaired) electrons. The van der Waals surface area contributed by atoms with Gasteiger partial charge in [0.05, 0.1) is 23.6 Å². The maximum atomic E-state index is 12.5. The molecule has 1 aromatic heterocycles. The van der Waals surface area contributed by atoms with Gasteiger partial charge in [0, 0.05) is 12.1 Å². The first-order valence-electron chi connectivity index (χ1n) is 8.94.